The highest BCUT2D eigenvalue weighted by molar-refractivity contribution is 5.33. The lowest BCUT2D eigenvalue weighted by Gasteiger charge is -2.20. The minimum absolute atomic E-state index is 0.164. The highest BCUT2D eigenvalue weighted by Gasteiger charge is 2.17. The van der Waals surface area contributed by atoms with Crippen molar-refractivity contribution in [1.29, 1.82) is 0 Å². The Bertz CT molecular complexity index is 554. The Labute approximate surface area is 121 Å². The predicted molar refractivity (Wildman–Crippen MR) is 82.1 cm³/mol. The van der Waals surface area contributed by atoms with Crippen LogP contribution in [-0.4, -0.2) is 18.6 Å². The zero-order valence-corrected chi connectivity index (χ0v) is 12.4. The number of nitrogens with one attached hydrogen (secondary N) is 1. The smallest absolute Gasteiger partial charge is 0.141 e. The zero-order chi connectivity index (χ0) is 14.4. The van der Waals surface area contributed by atoms with Crippen molar-refractivity contribution in [3.63, 3.8) is 0 Å². The van der Waals surface area contributed by atoms with E-state index < -0.39 is 0 Å². The molecule has 0 amide bonds. The Hall–Kier alpha value is -1.87. The van der Waals surface area contributed by atoms with Crippen LogP contribution in [0.5, 0.6) is 5.75 Å². The number of methoxy groups -OCH3 is 1. The molecule has 0 saturated heterocycles. The first-order valence-electron chi connectivity index (χ1n) is 7.03. The van der Waals surface area contributed by atoms with E-state index in [9.17, 15) is 0 Å². The lowest BCUT2D eigenvalue weighted by atomic mass is 9.98. The van der Waals surface area contributed by atoms with E-state index >= 15 is 0 Å². The molecular weight excluding hydrogens is 248 g/mol. The fraction of sp³-hybridized carbons (Fsp3) is 0.353. The molecule has 1 unspecified atom stereocenters. The first kappa shape index (κ1) is 14.5. The van der Waals surface area contributed by atoms with Crippen molar-refractivity contribution in [2.24, 2.45) is 0 Å². The molecule has 0 radical (unpaired) electrons. The number of ether oxygens (including phenoxy) is 1. The summed E-state index contributed by atoms with van der Waals surface area (Å²) in [6.07, 6.45) is 2.73. The molecule has 0 aliphatic carbocycles. The third-order valence-electron chi connectivity index (χ3n) is 3.49. The third kappa shape index (κ3) is 3.36. The molecule has 2 aromatic rings. The molecule has 2 rings (SSSR count). The molecule has 0 spiro atoms. The average Bonchev–Trinajstić information content (AvgIpc) is 2.49. The summed E-state index contributed by atoms with van der Waals surface area (Å²) in [6.45, 7) is 5.16. The van der Waals surface area contributed by atoms with E-state index in [2.05, 4.69) is 48.4 Å². The standard InChI is InChI=1S/C17H22N2O/c1-4-18-15(12-14-9-6-5-8-13(14)2)17-16(20-3)10-7-11-19-17/h5-11,15,18H,4,12H2,1-3H3. The van der Waals surface area contributed by atoms with Crippen molar-refractivity contribution < 1.29 is 4.74 Å². The van der Waals surface area contributed by atoms with E-state index in [0.717, 1.165) is 24.4 Å². The Kier molecular flexibility index (Phi) is 5.13. The van der Waals surface area contributed by atoms with Gasteiger partial charge < -0.3 is 10.1 Å². The van der Waals surface area contributed by atoms with Crippen molar-refractivity contribution in [1.82, 2.24) is 10.3 Å². The van der Waals surface area contributed by atoms with Crippen LogP contribution in [0.4, 0.5) is 0 Å². The Morgan fingerprint density at radius 1 is 1.20 bits per heavy atom. The molecule has 1 heterocycles. The Morgan fingerprint density at radius 2 is 2.00 bits per heavy atom. The van der Waals surface area contributed by atoms with Gasteiger partial charge in [0.05, 0.1) is 18.8 Å². The van der Waals surface area contributed by atoms with Gasteiger partial charge in [-0.05, 0) is 43.1 Å². The van der Waals surface area contributed by atoms with Crippen molar-refractivity contribution in [2.75, 3.05) is 13.7 Å². The van der Waals surface area contributed by atoms with Crippen LogP contribution in [0.3, 0.4) is 0 Å². The summed E-state index contributed by atoms with van der Waals surface area (Å²) in [5, 5.41) is 3.51. The molecule has 3 nitrogen and oxygen atoms in total. The third-order valence-corrected chi connectivity index (χ3v) is 3.49. The second kappa shape index (κ2) is 7.06. The number of likely N-dealkylation sites (N-methyl/N-ethyl adjacent to an activating group) is 1. The molecular formula is C17H22N2O. The Morgan fingerprint density at radius 3 is 2.70 bits per heavy atom. The first-order valence-corrected chi connectivity index (χ1v) is 7.03. The van der Waals surface area contributed by atoms with Gasteiger partial charge in [-0.2, -0.15) is 0 Å². The summed E-state index contributed by atoms with van der Waals surface area (Å²) in [4.78, 5) is 4.51. The SMILES string of the molecule is CCNC(Cc1ccccc1C)c1ncccc1OC. The summed E-state index contributed by atoms with van der Waals surface area (Å²) in [5.74, 6) is 0.840. The van der Waals surface area contributed by atoms with E-state index in [1.54, 1.807) is 7.11 Å². The van der Waals surface area contributed by atoms with Gasteiger partial charge in [0, 0.05) is 6.20 Å². The van der Waals surface area contributed by atoms with Gasteiger partial charge in [0.2, 0.25) is 0 Å². The molecule has 0 saturated carbocycles. The average molecular weight is 270 g/mol. The summed E-state index contributed by atoms with van der Waals surface area (Å²) < 4.78 is 5.44. The fourth-order valence-electron chi connectivity index (χ4n) is 2.41. The lowest BCUT2D eigenvalue weighted by Crippen LogP contribution is -2.24. The molecule has 1 aromatic heterocycles. The molecule has 0 aliphatic rings. The highest BCUT2D eigenvalue weighted by Crippen LogP contribution is 2.26. The fourth-order valence-corrected chi connectivity index (χ4v) is 2.41. The number of hydrogen-bond acceptors (Lipinski definition) is 3. The Balaban J connectivity index is 2.29. The number of hydrogen-bond donors (Lipinski definition) is 1. The lowest BCUT2D eigenvalue weighted by molar-refractivity contribution is 0.394. The van der Waals surface area contributed by atoms with Gasteiger partial charge >= 0.3 is 0 Å². The minimum atomic E-state index is 0.164. The van der Waals surface area contributed by atoms with Gasteiger partial charge in [0.15, 0.2) is 0 Å². The van der Waals surface area contributed by atoms with Crippen molar-refractivity contribution in [2.45, 2.75) is 26.3 Å². The van der Waals surface area contributed by atoms with E-state index in [1.807, 2.05) is 18.3 Å². The second-order valence-electron chi connectivity index (χ2n) is 4.83. The molecule has 1 N–H and O–H groups in total. The number of aryl methyl sites for hydroxylation is 1. The molecule has 20 heavy (non-hydrogen) atoms. The van der Waals surface area contributed by atoms with Gasteiger partial charge in [-0.3, -0.25) is 4.98 Å². The predicted octanol–water partition coefficient (Wildman–Crippen LogP) is 3.29. The maximum Gasteiger partial charge on any atom is 0.141 e. The quantitative estimate of drug-likeness (QED) is 0.874. The highest BCUT2D eigenvalue weighted by atomic mass is 16.5. The summed E-state index contributed by atoms with van der Waals surface area (Å²) in [6, 6.07) is 12.5. The van der Waals surface area contributed by atoms with E-state index in [0.29, 0.717) is 0 Å². The zero-order valence-electron chi connectivity index (χ0n) is 12.4. The van der Waals surface area contributed by atoms with Gasteiger partial charge in [0.25, 0.3) is 0 Å². The van der Waals surface area contributed by atoms with Gasteiger partial charge in [-0.15, -0.1) is 0 Å². The molecule has 1 aromatic carbocycles. The molecule has 0 fully saturated rings. The molecule has 3 heteroatoms. The first-order chi connectivity index (χ1) is 9.76. The van der Waals surface area contributed by atoms with Gasteiger partial charge in [-0.1, -0.05) is 31.2 Å². The monoisotopic (exact) mass is 270 g/mol. The summed E-state index contributed by atoms with van der Waals surface area (Å²) in [7, 11) is 1.69. The molecule has 1 atom stereocenters. The normalized spacial score (nSPS) is 12.2. The largest absolute Gasteiger partial charge is 0.495 e. The van der Waals surface area contributed by atoms with Crippen molar-refractivity contribution in [3.8, 4) is 5.75 Å². The molecule has 0 bridgehead atoms. The van der Waals surface area contributed by atoms with Crippen LogP contribution in [0.15, 0.2) is 42.6 Å². The van der Waals surface area contributed by atoms with Crippen LogP contribution in [0, 0.1) is 6.92 Å². The number of rotatable bonds is 6. The maximum absolute atomic E-state index is 5.44. The van der Waals surface area contributed by atoms with Gasteiger partial charge in [0.1, 0.15) is 5.75 Å². The maximum atomic E-state index is 5.44. The number of pyridine rings is 1. The van der Waals surface area contributed by atoms with Crippen LogP contribution in [0.1, 0.15) is 29.8 Å². The number of nitrogens with zero attached hydrogens (tertiary/aromatic N) is 1. The second-order valence-corrected chi connectivity index (χ2v) is 4.83. The van der Waals surface area contributed by atoms with Gasteiger partial charge in [-0.25, -0.2) is 0 Å². The molecule has 106 valence electrons. The van der Waals surface area contributed by atoms with E-state index in [1.165, 1.54) is 11.1 Å². The van der Waals surface area contributed by atoms with Crippen LogP contribution >= 0.6 is 0 Å². The minimum Gasteiger partial charge on any atom is -0.495 e. The molecule has 0 aliphatic heterocycles. The topological polar surface area (TPSA) is 34.2 Å². The van der Waals surface area contributed by atoms with Crippen LogP contribution < -0.4 is 10.1 Å². The summed E-state index contributed by atoms with van der Waals surface area (Å²) in [5.41, 5.74) is 3.62. The number of benzene rings is 1. The number of aromatic nitrogens is 1. The van der Waals surface area contributed by atoms with E-state index in [-0.39, 0.29) is 6.04 Å². The van der Waals surface area contributed by atoms with Crippen LogP contribution in [0.2, 0.25) is 0 Å². The van der Waals surface area contributed by atoms with Crippen molar-refractivity contribution >= 4 is 0 Å². The van der Waals surface area contributed by atoms with Crippen LogP contribution in [-0.2, 0) is 6.42 Å². The van der Waals surface area contributed by atoms with Crippen LogP contribution in [0.25, 0.3) is 0 Å². The van der Waals surface area contributed by atoms with E-state index in [4.69, 9.17) is 4.74 Å². The van der Waals surface area contributed by atoms with Crippen molar-refractivity contribution in [3.05, 3.63) is 59.4 Å². The summed E-state index contributed by atoms with van der Waals surface area (Å²) >= 11 is 0.